The van der Waals surface area contributed by atoms with Gasteiger partial charge in [-0.15, -0.1) is 0 Å². The predicted molar refractivity (Wildman–Crippen MR) is 78.1 cm³/mol. The van der Waals surface area contributed by atoms with Crippen LogP contribution in [-0.2, 0) is 10.2 Å². The van der Waals surface area contributed by atoms with Gasteiger partial charge >= 0.3 is 0 Å². The Kier molecular flexibility index (Phi) is 4.76. The molecule has 1 aromatic carbocycles. The van der Waals surface area contributed by atoms with E-state index in [-0.39, 0.29) is 11.7 Å². The van der Waals surface area contributed by atoms with E-state index in [1.54, 1.807) is 12.1 Å². The van der Waals surface area contributed by atoms with Crippen molar-refractivity contribution < 1.29 is 9.18 Å². The zero-order valence-corrected chi connectivity index (χ0v) is 12.3. The molecule has 0 aliphatic heterocycles. The van der Waals surface area contributed by atoms with Gasteiger partial charge in [0.25, 0.3) is 0 Å². The van der Waals surface area contributed by atoms with Gasteiger partial charge in [-0.1, -0.05) is 31.0 Å². The number of hydrogen-bond acceptors (Lipinski definition) is 2. The summed E-state index contributed by atoms with van der Waals surface area (Å²) in [7, 11) is 3.93. The average Bonchev–Trinajstić information content (AvgIpc) is 2.89. The van der Waals surface area contributed by atoms with Crippen molar-refractivity contribution in [3.63, 3.8) is 0 Å². The van der Waals surface area contributed by atoms with Gasteiger partial charge in [0, 0.05) is 18.7 Å². The van der Waals surface area contributed by atoms with Crippen molar-refractivity contribution in [2.45, 2.75) is 31.1 Å². The van der Waals surface area contributed by atoms with Crippen LogP contribution >= 0.6 is 0 Å². The van der Waals surface area contributed by atoms with Crippen LogP contribution in [0.5, 0.6) is 0 Å². The van der Waals surface area contributed by atoms with Crippen molar-refractivity contribution >= 4 is 5.91 Å². The van der Waals surface area contributed by atoms with Crippen LogP contribution in [0.2, 0.25) is 0 Å². The molecule has 0 unspecified atom stereocenters. The lowest BCUT2D eigenvalue weighted by molar-refractivity contribution is -0.126. The number of carbonyl (C=O) groups is 1. The second-order valence-corrected chi connectivity index (χ2v) is 5.83. The van der Waals surface area contributed by atoms with E-state index in [1.165, 1.54) is 6.07 Å². The maximum Gasteiger partial charge on any atom is 0.230 e. The molecule has 0 aromatic heterocycles. The fourth-order valence-corrected chi connectivity index (χ4v) is 3.01. The highest BCUT2D eigenvalue weighted by atomic mass is 19.1. The topological polar surface area (TPSA) is 32.3 Å². The number of likely N-dealkylation sites (N-methyl/N-ethyl adjacent to an activating group) is 1. The van der Waals surface area contributed by atoms with E-state index in [0.29, 0.717) is 12.1 Å². The molecule has 1 saturated carbocycles. The summed E-state index contributed by atoms with van der Waals surface area (Å²) < 4.78 is 14.1. The van der Waals surface area contributed by atoms with Crippen LogP contribution in [0.25, 0.3) is 0 Å². The number of amides is 1. The Morgan fingerprint density at radius 1 is 1.30 bits per heavy atom. The number of nitrogens with one attached hydrogen (secondary N) is 1. The lowest BCUT2D eigenvalue weighted by Crippen LogP contribution is -2.45. The average molecular weight is 278 g/mol. The SMILES string of the molecule is CN(C)CCNC(=O)C1(c2ccccc2F)CCCC1. The third kappa shape index (κ3) is 3.01. The van der Waals surface area contributed by atoms with Gasteiger partial charge in [0.1, 0.15) is 5.82 Å². The van der Waals surface area contributed by atoms with Crippen LogP contribution in [0.4, 0.5) is 4.39 Å². The van der Waals surface area contributed by atoms with Gasteiger partial charge < -0.3 is 10.2 Å². The Balaban J connectivity index is 2.18. The normalized spacial score (nSPS) is 17.4. The van der Waals surface area contributed by atoms with E-state index in [1.807, 2.05) is 25.1 Å². The van der Waals surface area contributed by atoms with Gasteiger partial charge in [-0.25, -0.2) is 4.39 Å². The Hall–Kier alpha value is -1.42. The van der Waals surface area contributed by atoms with E-state index in [2.05, 4.69) is 5.32 Å². The number of carbonyl (C=O) groups excluding carboxylic acids is 1. The summed E-state index contributed by atoms with van der Waals surface area (Å²) in [6.45, 7) is 1.39. The summed E-state index contributed by atoms with van der Waals surface area (Å²) >= 11 is 0. The molecular formula is C16H23FN2O. The number of nitrogens with zero attached hydrogens (tertiary/aromatic N) is 1. The van der Waals surface area contributed by atoms with E-state index in [9.17, 15) is 9.18 Å². The second kappa shape index (κ2) is 6.35. The fraction of sp³-hybridized carbons (Fsp3) is 0.562. The van der Waals surface area contributed by atoms with Crippen molar-refractivity contribution in [2.24, 2.45) is 0 Å². The van der Waals surface area contributed by atoms with E-state index in [4.69, 9.17) is 0 Å². The van der Waals surface area contributed by atoms with Gasteiger partial charge in [0.15, 0.2) is 0 Å². The third-order valence-electron chi connectivity index (χ3n) is 4.13. The Morgan fingerprint density at radius 2 is 1.95 bits per heavy atom. The molecule has 20 heavy (non-hydrogen) atoms. The maximum absolute atomic E-state index is 14.1. The monoisotopic (exact) mass is 278 g/mol. The number of benzene rings is 1. The summed E-state index contributed by atoms with van der Waals surface area (Å²) in [4.78, 5) is 14.6. The van der Waals surface area contributed by atoms with Crippen molar-refractivity contribution in [3.8, 4) is 0 Å². The second-order valence-electron chi connectivity index (χ2n) is 5.83. The molecule has 1 N–H and O–H groups in total. The largest absolute Gasteiger partial charge is 0.354 e. The predicted octanol–water partition coefficient (Wildman–Crippen LogP) is 2.32. The molecule has 1 aliphatic rings. The van der Waals surface area contributed by atoms with Gasteiger partial charge in [0.2, 0.25) is 5.91 Å². The molecule has 1 aliphatic carbocycles. The minimum Gasteiger partial charge on any atom is -0.354 e. The zero-order valence-electron chi connectivity index (χ0n) is 12.3. The first kappa shape index (κ1) is 15.0. The van der Waals surface area contributed by atoms with E-state index >= 15 is 0 Å². The van der Waals surface area contributed by atoms with Gasteiger partial charge in [-0.05, 0) is 33.0 Å². The molecule has 110 valence electrons. The Labute approximate surface area is 120 Å². The minimum absolute atomic E-state index is 0.0260. The molecule has 1 amide bonds. The molecule has 2 rings (SSSR count). The van der Waals surface area contributed by atoms with Crippen LogP contribution < -0.4 is 5.32 Å². The zero-order chi connectivity index (χ0) is 14.6. The summed E-state index contributed by atoms with van der Waals surface area (Å²) in [5.74, 6) is -0.292. The minimum atomic E-state index is -0.669. The molecule has 0 spiro atoms. The van der Waals surface area contributed by atoms with Crippen molar-refractivity contribution in [1.82, 2.24) is 10.2 Å². The van der Waals surface area contributed by atoms with Crippen molar-refractivity contribution in [1.29, 1.82) is 0 Å². The summed E-state index contributed by atoms with van der Waals surface area (Å²) in [5.41, 5.74) is -0.114. The number of hydrogen-bond donors (Lipinski definition) is 1. The van der Waals surface area contributed by atoms with Crippen LogP contribution in [0.3, 0.4) is 0 Å². The quantitative estimate of drug-likeness (QED) is 0.896. The summed E-state index contributed by atoms with van der Waals surface area (Å²) in [5, 5.41) is 2.98. The molecule has 0 saturated heterocycles. The standard InChI is InChI=1S/C16H23FN2O/c1-19(2)12-11-18-15(20)16(9-5-6-10-16)13-7-3-4-8-14(13)17/h3-4,7-8H,5-6,9-12H2,1-2H3,(H,18,20). The van der Waals surface area contributed by atoms with Crippen LogP contribution in [0.1, 0.15) is 31.2 Å². The molecular weight excluding hydrogens is 255 g/mol. The highest BCUT2D eigenvalue weighted by Crippen LogP contribution is 2.42. The van der Waals surface area contributed by atoms with Crippen LogP contribution in [-0.4, -0.2) is 38.0 Å². The maximum atomic E-state index is 14.1. The Bertz CT molecular complexity index is 467. The van der Waals surface area contributed by atoms with E-state index < -0.39 is 5.41 Å². The molecule has 1 fully saturated rings. The summed E-state index contributed by atoms with van der Waals surface area (Å²) in [6, 6.07) is 6.69. The van der Waals surface area contributed by atoms with Crippen molar-refractivity contribution in [2.75, 3.05) is 27.2 Å². The first-order valence-corrected chi connectivity index (χ1v) is 7.24. The molecule has 3 nitrogen and oxygen atoms in total. The van der Waals surface area contributed by atoms with Gasteiger partial charge in [0.05, 0.1) is 5.41 Å². The van der Waals surface area contributed by atoms with Crippen LogP contribution in [0, 0.1) is 5.82 Å². The molecule has 0 radical (unpaired) electrons. The highest BCUT2D eigenvalue weighted by molar-refractivity contribution is 5.88. The van der Waals surface area contributed by atoms with Crippen molar-refractivity contribution in [3.05, 3.63) is 35.6 Å². The smallest absolute Gasteiger partial charge is 0.230 e. The Morgan fingerprint density at radius 3 is 2.55 bits per heavy atom. The molecule has 0 bridgehead atoms. The lowest BCUT2D eigenvalue weighted by Gasteiger charge is -2.29. The fourth-order valence-electron chi connectivity index (χ4n) is 3.01. The first-order chi connectivity index (χ1) is 9.56. The molecule has 0 atom stereocenters. The van der Waals surface area contributed by atoms with Gasteiger partial charge in [-0.3, -0.25) is 4.79 Å². The molecule has 0 heterocycles. The first-order valence-electron chi connectivity index (χ1n) is 7.24. The number of rotatable bonds is 5. The van der Waals surface area contributed by atoms with Crippen LogP contribution in [0.15, 0.2) is 24.3 Å². The summed E-state index contributed by atoms with van der Waals surface area (Å²) in [6.07, 6.45) is 3.44. The molecule has 4 heteroatoms. The van der Waals surface area contributed by atoms with Gasteiger partial charge in [-0.2, -0.15) is 0 Å². The van der Waals surface area contributed by atoms with E-state index in [0.717, 1.165) is 32.2 Å². The lowest BCUT2D eigenvalue weighted by atomic mass is 9.77. The highest BCUT2D eigenvalue weighted by Gasteiger charge is 2.44. The number of halogens is 1. The third-order valence-corrected chi connectivity index (χ3v) is 4.13. The molecule has 1 aromatic rings.